The molecule has 0 heterocycles. The molecule has 0 aliphatic carbocycles. The molecule has 0 radical (unpaired) electrons. The molecular weight excluding hydrogens is 226 g/mol. The third-order valence-corrected chi connectivity index (χ3v) is 3.43. The first-order valence-corrected chi connectivity index (χ1v) is 6.51. The second-order valence-electron chi connectivity index (χ2n) is 5.24. The average Bonchev–Trinajstić information content (AvgIpc) is 2.34. The number of aliphatic hydroxyl groups is 1. The summed E-state index contributed by atoms with van der Waals surface area (Å²) in [5.41, 5.74) is 0.397. The summed E-state index contributed by atoms with van der Waals surface area (Å²) >= 11 is 0. The summed E-state index contributed by atoms with van der Waals surface area (Å²) in [6.07, 6.45) is 0.945. The smallest absolute Gasteiger partial charge is 0.123 e. The number of para-hydroxylation sites is 1. The highest BCUT2D eigenvalue weighted by molar-refractivity contribution is 5.35. The highest BCUT2D eigenvalue weighted by Gasteiger charge is 2.25. The largest absolute Gasteiger partial charge is 0.496 e. The van der Waals surface area contributed by atoms with E-state index in [-0.39, 0.29) is 12.1 Å². The summed E-state index contributed by atoms with van der Waals surface area (Å²) in [5.74, 6) is 0.889. The Bertz CT molecular complexity index is 371. The third-order valence-electron chi connectivity index (χ3n) is 3.43. The first-order chi connectivity index (χ1) is 8.40. The van der Waals surface area contributed by atoms with Gasteiger partial charge in [-0.2, -0.15) is 0 Å². The molecule has 102 valence electrons. The van der Waals surface area contributed by atoms with E-state index in [0.29, 0.717) is 0 Å². The molecule has 0 bridgehead atoms. The van der Waals surface area contributed by atoms with Crippen molar-refractivity contribution in [3.05, 3.63) is 29.8 Å². The van der Waals surface area contributed by atoms with Crippen molar-refractivity contribution >= 4 is 0 Å². The van der Waals surface area contributed by atoms with Crippen LogP contribution in [0.15, 0.2) is 24.3 Å². The van der Waals surface area contributed by atoms with Gasteiger partial charge in [-0.1, -0.05) is 25.1 Å². The highest BCUT2D eigenvalue weighted by Crippen LogP contribution is 2.28. The molecule has 0 spiro atoms. The fraction of sp³-hybridized carbons (Fsp3) is 0.600. The summed E-state index contributed by atoms with van der Waals surface area (Å²) in [7, 11) is 1.69. The molecule has 3 nitrogen and oxygen atoms in total. The van der Waals surface area contributed by atoms with Crippen molar-refractivity contribution in [1.29, 1.82) is 0 Å². The zero-order valence-electron chi connectivity index (χ0n) is 12.0. The van der Waals surface area contributed by atoms with Crippen molar-refractivity contribution in [3.8, 4) is 5.75 Å². The zero-order valence-corrected chi connectivity index (χ0v) is 12.0. The number of benzene rings is 1. The number of rotatable bonds is 6. The number of methoxy groups -OCH3 is 1. The normalized spacial score (nSPS) is 15.2. The molecule has 3 heteroatoms. The van der Waals surface area contributed by atoms with E-state index in [0.717, 1.165) is 17.7 Å². The number of hydrogen-bond donors (Lipinski definition) is 2. The molecule has 2 unspecified atom stereocenters. The van der Waals surface area contributed by atoms with Crippen molar-refractivity contribution in [3.63, 3.8) is 0 Å². The monoisotopic (exact) mass is 251 g/mol. The quantitative estimate of drug-likeness (QED) is 0.817. The van der Waals surface area contributed by atoms with E-state index < -0.39 is 5.60 Å². The molecule has 18 heavy (non-hydrogen) atoms. The Morgan fingerprint density at radius 2 is 1.94 bits per heavy atom. The maximum atomic E-state index is 10.0. The number of ether oxygens (including phenoxy) is 1. The molecule has 1 aromatic carbocycles. The molecule has 0 amide bonds. The van der Waals surface area contributed by atoms with Crippen LogP contribution >= 0.6 is 0 Å². The van der Waals surface area contributed by atoms with Gasteiger partial charge in [-0.15, -0.1) is 0 Å². The molecule has 2 atom stereocenters. The van der Waals surface area contributed by atoms with Gasteiger partial charge in [0.2, 0.25) is 0 Å². The Labute approximate surface area is 110 Å². The molecule has 0 aliphatic rings. The SMILES string of the molecule is CCC(NC(C)C(C)(C)O)c1ccccc1OC. The topological polar surface area (TPSA) is 41.5 Å². The average molecular weight is 251 g/mol. The van der Waals surface area contributed by atoms with Crippen LogP contribution in [0.1, 0.15) is 45.7 Å². The minimum absolute atomic E-state index is 0.00682. The van der Waals surface area contributed by atoms with Crippen molar-refractivity contribution in [2.75, 3.05) is 7.11 Å². The maximum absolute atomic E-state index is 10.0. The number of nitrogens with one attached hydrogen (secondary N) is 1. The molecule has 1 rings (SSSR count). The fourth-order valence-corrected chi connectivity index (χ4v) is 1.89. The summed E-state index contributed by atoms with van der Waals surface area (Å²) < 4.78 is 5.39. The van der Waals surface area contributed by atoms with E-state index in [9.17, 15) is 5.11 Å². The van der Waals surface area contributed by atoms with Crippen LogP contribution in [-0.2, 0) is 0 Å². The van der Waals surface area contributed by atoms with Gasteiger partial charge >= 0.3 is 0 Å². The summed E-state index contributed by atoms with van der Waals surface area (Å²) in [4.78, 5) is 0. The summed E-state index contributed by atoms with van der Waals surface area (Å²) in [5, 5.41) is 13.5. The summed E-state index contributed by atoms with van der Waals surface area (Å²) in [6.45, 7) is 7.76. The molecule has 0 aromatic heterocycles. The van der Waals surface area contributed by atoms with Gasteiger partial charge in [0, 0.05) is 17.6 Å². The summed E-state index contributed by atoms with van der Waals surface area (Å²) in [6, 6.07) is 8.20. The lowest BCUT2D eigenvalue weighted by atomic mass is 9.96. The van der Waals surface area contributed by atoms with E-state index in [1.165, 1.54) is 0 Å². The lowest BCUT2D eigenvalue weighted by Crippen LogP contribution is -2.45. The Kier molecular flexibility index (Phi) is 5.17. The minimum atomic E-state index is -0.741. The lowest BCUT2D eigenvalue weighted by Gasteiger charge is -2.31. The Balaban J connectivity index is 2.90. The van der Waals surface area contributed by atoms with Crippen LogP contribution < -0.4 is 10.1 Å². The maximum Gasteiger partial charge on any atom is 0.123 e. The van der Waals surface area contributed by atoms with Crippen LogP contribution in [0.4, 0.5) is 0 Å². The van der Waals surface area contributed by atoms with E-state index in [1.807, 2.05) is 39.0 Å². The molecule has 0 saturated carbocycles. The van der Waals surface area contributed by atoms with Crippen LogP contribution in [0.2, 0.25) is 0 Å². The van der Waals surface area contributed by atoms with Crippen LogP contribution in [0, 0.1) is 0 Å². The van der Waals surface area contributed by atoms with E-state index in [4.69, 9.17) is 4.74 Å². The van der Waals surface area contributed by atoms with Crippen LogP contribution in [0.25, 0.3) is 0 Å². The first-order valence-electron chi connectivity index (χ1n) is 6.51. The van der Waals surface area contributed by atoms with Crippen molar-refractivity contribution < 1.29 is 9.84 Å². The third kappa shape index (κ3) is 3.72. The Morgan fingerprint density at radius 1 is 1.33 bits per heavy atom. The Morgan fingerprint density at radius 3 is 2.44 bits per heavy atom. The Hall–Kier alpha value is -1.06. The number of hydrogen-bond acceptors (Lipinski definition) is 3. The predicted molar refractivity (Wildman–Crippen MR) is 74.9 cm³/mol. The predicted octanol–water partition coefficient (Wildman–Crippen LogP) is 2.90. The fourth-order valence-electron chi connectivity index (χ4n) is 1.89. The van der Waals surface area contributed by atoms with Gasteiger partial charge in [0.15, 0.2) is 0 Å². The molecule has 1 aromatic rings. The van der Waals surface area contributed by atoms with Gasteiger partial charge in [0.25, 0.3) is 0 Å². The highest BCUT2D eigenvalue weighted by atomic mass is 16.5. The molecule has 0 saturated heterocycles. The van der Waals surface area contributed by atoms with E-state index >= 15 is 0 Å². The molecular formula is C15H25NO2. The lowest BCUT2D eigenvalue weighted by molar-refractivity contribution is 0.0394. The van der Waals surface area contributed by atoms with E-state index in [2.05, 4.69) is 18.3 Å². The van der Waals surface area contributed by atoms with E-state index in [1.54, 1.807) is 7.11 Å². The second kappa shape index (κ2) is 6.21. The van der Waals surface area contributed by atoms with Crippen LogP contribution in [0.3, 0.4) is 0 Å². The van der Waals surface area contributed by atoms with Gasteiger partial charge in [-0.25, -0.2) is 0 Å². The minimum Gasteiger partial charge on any atom is -0.496 e. The van der Waals surface area contributed by atoms with Crippen molar-refractivity contribution in [2.45, 2.75) is 51.8 Å². The van der Waals surface area contributed by atoms with Crippen LogP contribution in [-0.4, -0.2) is 23.9 Å². The van der Waals surface area contributed by atoms with Crippen molar-refractivity contribution in [1.82, 2.24) is 5.32 Å². The van der Waals surface area contributed by atoms with Gasteiger partial charge < -0.3 is 15.2 Å². The standard InChI is InChI=1S/C15H25NO2/c1-6-13(16-11(2)15(3,4)17)12-9-7-8-10-14(12)18-5/h7-11,13,16-17H,6H2,1-5H3. The van der Waals surface area contributed by atoms with Gasteiger partial charge in [0.05, 0.1) is 12.7 Å². The second-order valence-corrected chi connectivity index (χ2v) is 5.24. The molecule has 0 aliphatic heterocycles. The zero-order chi connectivity index (χ0) is 13.8. The van der Waals surface area contributed by atoms with Gasteiger partial charge in [-0.3, -0.25) is 0 Å². The first kappa shape index (κ1) is 15.0. The molecule has 2 N–H and O–H groups in total. The van der Waals surface area contributed by atoms with Crippen molar-refractivity contribution in [2.24, 2.45) is 0 Å². The van der Waals surface area contributed by atoms with Gasteiger partial charge in [0.1, 0.15) is 5.75 Å². The molecule has 0 fully saturated rings. The van der Waals surface area contributed by atoms with Gasteiger partial charge in [-0.05, 0) is 33.3 Å². The van der Waals surface area contributed by atoms with Crippen LogP contribution in [0.5, 0.6) is 5.75 Å².